The van der Waals surface area contributed by atoms with Crippen molar-refractivity contribution in [3.63, 3.8) is 0 Å². The average Bonchev–Trinajstić information content (AvgIpc) is 3.12. The molecule has 0 saturated heterocycles. The molecule has 0 aliphatic carbocycles. The fraction of sp³-hybridized carbons (Fsp3) is 0. The molecule has 4 aromatic rings. The number of nitrogen functional groups attached to an aromatic ring is 2. The van der Waals surface area contributed by atoms with E-state index in [1.165, 1.54) is 0 Å². The fourth-order valence-corrected chi connectivity index (χ4v) is 3.08. The molecule has 146 valence electrons. The Kier molecular flexibility index (Phi) is 5.57. The van der Waals surface area contributed by atoms with Gasteiger partial charge in [0.2, 0.25) is 0 Å². The summed E-state index contributed by atoms with van der Waals surface area (Å²) in [5.74, 6) is 0.120. The summed E-state index contributed by atoms with van der Waals surface area (Å²) in [6, 6.07) is 23.3. The van der Waals surface area contributed by atoms with Crippen LogP contribution < -0.4 is 16.8 Å². The van der Waals surface area contributed by atoms with Crippen molar-refractivity contribution in [1.82, 2.24) is 4.98 Å². The van der Waals surface area contributed by atoms with E-state index in [2.05, 4.69) is 16.4 Å². The molecule has 0 spiro atoms. The van der Waals surface area contributed by atoms with Crippen LogP contribution in [0.15, 0.2) is 72.8 Å². The highest BCUT2D eigenvalue weighted by Crippen LogP contribution is 2.27. The predicted octanol–water partition coefficient (Wildman–Crippen LogP) is 4.57. The Balaban J connectivity index is 0.00000240. The number of halogens is 1. The maximum absolute atomic E-state index is 7.57. The average molecular weight is 405 g/mol. The molecule has 0 atom stereocenters. The molecule has 0 bridgehead atoms. The van der Waals surface area contributed by atoms with E-state index in [0.717, 1.165) is 33.5 Å². The number of nitrogens with two attached hydrogens (primary N) is 2. The number of amidine groups is 2. The zero-order valence-corrected chi connectivity index (χ0v) is 16.3. The van der Waals surface area contributed by atoms with Crippen LogP contribution >= 0.6 is 12.4 Å². The van der Waals surface area contributed by atoms with Gasteiger partial charge in [-0.25, -0.2) is 0 Å². The molecule has 7 heteroatoms. The minimum Gasteiger partial charge on any atom is -0.384 e. The van der Waals surface area contributed by atoms with Gasteiger partial charge in [0.05, 0.1) is 0 Å². The van der Waals surface area contributed by atoms with Crippen molar-refractivity contribution < 1.29 is 0 Å². The third-order valence-corrected chi connectivity index (χ3v) is 4.61. The molecule has 0 amide bonds. The Morgan fingerprint density at radius 2 is 1.28 bits per heavy atom. The molecule has 4 rings (SSSR count). The highest BCUT2D eigenvalue weighted by molar-refractivity contribution is 5.99. The molecule has 0 aliphatic heterocycles. The van der Waals surface area contributed by atoms with Crippen molar-refractivity contribution in [1.29, 1.82) is 10.8 Å². The predicted molar refractivity (Wildman–Crippen MR) is 123 cm³/mol. The van der Waals surface area contributed by atoms with Gasteiger partial charge in [-0.2, -0.15) is 0 Å². The number of rotatable bonds is 5. The number of aromatic amines is 1. The summed E-state index contributed by atoms with van der Waals surface area (Å²) in [6.07, 6.45) is 0. The van der Waals surface area contributed by atoms with E-state index in [0.29, 0.717) is 11.1 Å². The van der Waals surface area contributed by atoms with Crippen molar-refractivity contribution in [2.24, 2.45) is 11.5 Å². The second-order valence-corrected chi connectivity index (χ2v) is 6.59. The number of nitrogens with one attached hydrogen (secondary N) is 4. The first-order valence-corrected chi connectivity index (χ1v) is 8.79. The third-order valence-electron chi connectivity index (χ3n) is 4.61. The topological polar surface area (TPSA) is 128 Å². The van der Waals surface area contributed by atoms with Crippen LogP contribution in [0.2, 0.25) is 0 Å². The maximum atomic E-state index is 7.57. The summed E-state index contributed by atoms with van der Waals surface area (Å²) >= 11 is 0. The number of hydrogen-bond donors (Lipinski definition) is 6. The molecule has 8 N–H and O–H groups in total. The lowest BCUT2D eigenvalue weighted by Crippen LogP contribution is -2.10. The second-order valence-electron chi connectivity index (χ2n) is 6.59. The van der Waals surface area contributed by atoms with E-state index in [1.807, 2.05) is 66.7 Å². The van der Waals surface area contributed by atoms with Crippen LogP contribution in [0.5, 0.6) is 0 Å². The van der Waals surface area contributed by atoms with E-state index in [-0.39, 0.29) is 24.1 Å². The summed E-state index contributed by atoms with van der Waals surface area (Å²) in [5.41, 5.74) is 17.4. The Labute approximate surface area is 174 Å². The van der Waals surface area contributed by atoms with Crippen LogP contribution in [-0.4, -0.2) is 16.7 Å². The lowest BCUT2D eigenvalue weighted by molar-refractivity contribution is 1.41. The first-order valence-electron chi connectivity index (χ1n) is 8.79. The van der Waals surface area contributed by atoms with Crippen molar-refractivity contribution in [3.8, 4) is 11.3 Å². The standard InChI is InChI=1S/C22H20N6.ClH/c23-21(24)14-5-9-18(10-6-14)27-17-7-3-13(4-8-17)19-11-15-1-2-16(22(25)26)12-20(15)28-19;/h1-12,27-28H,(H3,23,24)(H3,25,26);1H. The van der Waals surface area contributed by atoms with Crippen LogP contribution in [0.4, 0.5) is 11.4 Å². The number of H-pyrrole nitrogens is 1. The SMILES string of the molecule is Cl.N=C(N)c1ccc(Nc2ccc(-c3cc4ccc(C(=N)N)cc4[nH]3)cc2)cc1. The molecule has 6 nitrogen and oxygen atoms in total. The van der Waals surface area contributed by atoms with Crippen LogP contribution in [0.1, 0.15) is 11.1 Å². The third kappa shape index (κ3) is 4.23. The van der Waals surface area contributed by atoms with Gasteiger partial charge in [-0.3, -0.25) is 10.8 Å². The van der Waals surface area contributed by atoms with Crippen LogP contribution in [0, 0.1) is 10.8 Å². The minimum atomic E-state index is 0. The highest BCUT2D eigenvalue weighted by atomic mass is 35.5. The lowest BCUT2D eigenvalue weighted by atomic mass is 10.1. The van der Waals surface area contributed by atoms with E-state index in [9.17, 15) is 0 Å². The fourth-order valence-electron chi connectivity index (χ4n) is 3.08. The summed E-state index contributed by atoms with van der Waals surface area (Å²) in [5, 5.41) is 19.4. The van der Waals surface area contributed by atoms with Crippen LogP contribution in [0.3, 0.4) is 0 Å². The molecular weight excluding hydrogens is 384 g/mol. The molecule has 0 unspecified atom stereocenters. The van der Waals surface area contributed by atoms with Gasteiger partial charge in [0.1, 0.15) is 11.7 Å². The van der Waals surface area contributed by atoms with Crippen LogP contribution in [0.25, 0.3) is 22.2 Å². The molecule has 0 saturated carbocycles. The number of aromatic nitrogens is 1. The highest BCUT2D eigenvalue weighted by Gasteiger charge is 2.06. The van der Waals surface area contributed by atoms with Crippen molar-refractivity contribution in [2.75, 3.05) is 5.32 Å². The molecule has 0 fully saturated rings. The largest absolute Gasteiger partial charge is 0.384 e. The van der Waals surface area contributed by atoms with Crippen molar-refractivity contribution in [2.45, 2.75) is 0 Å². The van der Waals surface area contributed by atoms with E-state index in [4.69, 9.17) is 22.3 Å². The summed E-state index contributed by atoms with van der Waals surface area (Å²) in [7, 11) is 0. The zero-order valence-electron chi connectivity index (χ0n) is 15.5. The molecular formula is C22H21ClN6. The van der Waals surface area contributed by atoms with E-state index >= 15 is 0 Å². The smallest absolute Gasteiger partial charge is 0.122 e. The van der Waals surface area contributed by atoms with Crippen molar-refractivity contribution in [3.05, 3.63) is 83.9 Å². The first-order chi connectivity index (χ1) is 13.5. The van der Waals surface area contributed by atoms with Crippen molar-refractivity contribution >= 4 is 46.4 Å². The molecule has 1 heterocycles. The summed E-state index contributed by atoms with van der Waals surface area (Å²) < 4.78 is 0. The summed E-state index contributed by atoms with van der Waals surface area (Å²) in [6.45, 7) is 0. The monoisotopic (exact) mass is 404 g/mol. The van der Waals surface area contributed by atoms with Gasteiger partial charge in [-0.1, -0.05) is 24.3 Å². The normalized spacial score (nSPS) is 10.3. The van der Waals surface area contributed by atoms with Gasteiger partial charge in [-0.15, -0.1) is 12.4 Å². The number of fused-ring (bicyclic) bond motifs is 1. The first kappa shape index (κ1) is 20.0. The summed E-state index contributed by atoms with van der Waals surface area (Å²) in [4.78, 5) is 3.39. The van der Waals surface area contributed by atoms with Gasteiger partial charge >= 0.3 is 0 Å². The van der Waals surface area contributed by atoms with E-state index < -0.39 is 0 Å². The van der Waals surface area contributed by atoms with Gasteiger partial charge in [-0.05, 0) is 54.1 Å². The molecule has 29 heavy (non-hydrogen) atoms. The molecule has 3 aromatic carbocycles. The van der Waals surface area contributed by atoms with Crippen LogP contribution in [-0.2, 0) is 0 Å². The second kappa shape index (κ2) is 8.08. The number of anilines is 2. The lowest BCUT2D eigenvalue weighted by Gasteiger charge is -2.08. The quantitative estimate of drug-likeness (QED) is 0.215. The zero-order chi connectivity index (χ0) is 19.7. The number of hydrogen-bond acceptors (Lipinski definition) is 3. The van der Waals surface area contributed by atoms with Gasteiger partial charge in [0.15, 0.2) is 0 Å². The van der Waals surface area contributed by atoms with Gasteiger partial charge in [0, 0.05) is 39.1 Å². The Morgan fingerprint density at radius 3 is 1.86 bits per heavy atom. The Morgan fingerprint density at radius 1 is 0.724 bits per heavy atom. The Hall–Kier alpha value is -3.77. The maximum Gasteiger partial charge on any atom is 0.122 e. The molecule has 0 aliphatic rings. The van der Waals surface area contributed by atoms with E-state index in [1.54, 1.807) is 0 Å². The minimum absolute atomic E-state index is 0. The molecule has 1 aromatic heterocycles. The van der Waals surface area contributed by atoms with Gasteiger partial charge < -0.3 is 21.8 Å². The number of benzene rings is 3. The van der Waals surface area contributed by atoms with Gasteiger partial charge in [0.25, 0.3) is 0 Å². The molecule has 0 radical (unpaired) electrons. The Bertz CT molecular complexity index is 1180.